The molecule has 2 unspecified atom stereocenters. The number of aliphatic hydroxyl groups excluding tert-OH is 1. The summed E-state index contributed by atoms with van der Waals surface area (Å²) in [6.07, 6.45) is 5.28. The molecule has 0 spiro atoms. The fourth-order valence-corrected chi connectivity index (χ4v) is 3.12. The second kappa shape index (κ2) is 6.69. The number of aromatic nitrogens is 2. The Kier molecular flexibility index (Phi) is 4.66. The van der Waals surface area contributed by atoms with E-state index in [0.29, 0.717) is 22.9 Å². The molecule has 5 nitrogen and oxygen atoms in total. The van der Waals surface area contributed by atoms with Crippen LogP contribution in [0.25, 0.3) is 0 Å². The van der Waals surface area contributed by atoms with Crippen molar-refractivity contribution in [1.29, 1.82) is 0 Å². The number of aryl methyl sites for hydroxylation is 1. The Bertz CT molecular complexity index is 644. The maximum absolute atomic E-state index is 10.5. The van der Waals surface area contributed by atoms with Crippen LogP contribution in [0.5, 0.6) is 5.75 Å². The lowest BCUT2D eigenvalue weighted by Gasteiger charge is -2.26. The predicted molar refractivity (Wildman–Crippen MR) is 85.2 cm³/mol. The predicted octanol–water partition coefficient (Wildman–Crippen LogP) is 2.70. The largest absolute Gasteiger partial charge is 0.496 e. The highest BCUT2D eigenvalue weighted by molar-refractivity contribution is 6.30. The Labute approximate surface area is 134 Å². The zero-order valence-electron chi connectivity index (χ0n) is 12.5. The molecule has 2 atom stereocenters. The molecule has 0 saturated heterocycles. The average molecular weight is 322 g/mol. The summed E-state index contributed by atoms with van der Waals surface area (Å²) >= 11 is 6.02. The summed E-state index contributed by atoms with van der Waals surface area (Å²) in [7, 11) is 1.59. The Balaban J connectivity index is 1.69. The lowest BCUT2D eigenvalue weighted by molar-refractivity contribution is 0.162. The number of hydrogen-bond donors (Lipinski definition) is 2. The van der Waals surface area contributed by atoms with Gasteiger partial charge < -0.3 is 19.7 Å². The first-order valence-electron chi connectivity index (χ1n) is 7.45. The molecule has 0 radical (unpaired) electrons. The monoisotopic (exact) mass is 321 g/mol. The third kappa shape index (κ3) is 3.11. The molecule has 0 aliphatic carbocycles. The molecule has 2 aromatic rings. The van der Waals surface area contributed by atoms with Crippen LogP contribution in [0.1, 0.15) is 36.4 Å². The van der Waals surface area contributed by atoms with Gasteiger partial charge >= 0.3 is 0 Å². The summed E-state index contributed by atoms with van der Waals surface area (Å²) in [5, 5.41) is 14.4. The van der Waals surface area contributed by atoms with Crippen LogP contribution in [0.15, 0.2) is 30.6 Å². The molecule has 1 aromatic carbocycles. The number of nitrogens with one attached hydrogen (secondary N) is 1. The summed E-state index contributed by atoms with van der Waals surface area (Å²) in [4.78, 5) is 4.41. The van der Waals surface area contributed by atoms with Gasteiger partial charge in [-0.15, -0.1) is 0 Å². The van der Waals surface area contributed by atoms with E-state index in [2.05, 4.69) is 14.9 Å². The first-order valence-corrected chi connectivity index (χ1v) is 7.82. The number of fused-ring (bicyclic) bond motifs is 1. The first-order chi connectivity index (χ1) is 10.7. The van der Waals surface area contributed by atoms with Gasteiger partial charge in [-0.2, -0.15) is 0 Å². The van der Waals surface area contributed by atoms with Crippen LogP contribution < -0.4 is 10.1 Å². The van der Waals surface area contributed by atoms with Crippen molar-refractivity contribution in [3.8, 4) is 5.75 Å². The van der Waals surface area contributed by atoms with Gasteiger partial charge in [0.25, 0.3) is 0 Å². The molecule has 22 heavy (non-hydrogen) atoms. The highest BCUT2D eigenvalue weighted by Gasteiger charge is 2.22. The minimum Gasteiger partial charge on any atom is -0.496 e. The van der Waals surface area contributed by atoms with E-state index >= 15 is 0 Å². The minimum absolute atomic E-state index is 0.170. The normalized spacial score (nSPS) is 18.8. The number of halogens is 1. The number of nitrogens with zero attached hydrogens (tertiary/aromatic N) is 2. The Morgan fingerprint density at radius 3 is 3.23 bits per heavy atom. The van der Waals surface area contributed by atoms with Crippen LogP contribution in [-0.4, -0.2) is 28.3 Å². The summed E-state index contributed by atoms with van der Waals surface area (Å²) < 4.78 is 7.45. The third-order valence-electron chi connectivity index (χ3n) is 4.06. The van der Waals surface area contributed by atoms with Crippen molar-refractivity contribution in [2.75, 3.05) is 13.7 Å². The third-order valence-corrected chi connectivity index (χ3v) is 4.29. The van der Waals surface area contributed by atoms with Gasteiger partial charge in [0.15, 0.2) is 0 Å². The SMILES string of the molecule is COc1ccc(Cl)cc1C(O)CNC1CCCn2ccnc21. The van der Waals surface area contributed by atoms with Crippen molar-refractivity contribution in [3.63, 3.8) is 0 Å². The van der Waals surface area contributed by atoms with Gasteiger partial charge in [-0.1, -0.05) is 11.6 Å². The van der Waals surface area contributed by atoms with Crippen LogP contribution in [-0.2, 0) is 6.54 Å². The van der Waals surface area contributed by atoms with Crippen molar-refractivity contribution < 1.29 is 9.84 Å². The van der Waals surface area contributed by atoms with Crippen molar-refractivity contribution in [2.45, 2.75) is 31.5 Å². The first kappa shape index (κ1) is 15.3. The average Bonchev–Trinajstić information content (AvgIpc) is 3.01. The quantitative estimate of drug-likeness (QED) is 0.889. The number of rotatable bonds is 5. The second-order valence-electron chi connectivity index (χ2n) is 5.48. The molecule has 118 valence electrons. The molecule has 1 aliphatic heterocycles. The van der Waals surface area contributed by atoms with Crippen molar-refractivity contribution in [3.05, 3.63) is 47.0 Å². The van der Waals surface area contributed by atoms with Crippen molar-refractivity contribution in [1.82, 2.24) is 14.9 Å². The fourth-order valence-electron chi connectivity index (χ4n) is 2.94. The van der Waals surface area contributed by atoms with E-state index in [1.807, 2.05) is 12.4 Å². The zero-order chi connectivity index (χ0) is 15.5. The van der Waals surface area contributed by atoms with Crippen LogP contribution in [0.2, 0.25) is 5.02 Å². The van der Waals surface area contributed by atoms with E-state index in [-0.39, 0.29) is 6.04 Å². The van der Waals surface area contributed by atoms with Crippen molar-refractivity contribution in [2.24, 2.45) is 0 Å². The van der Waals surface area contributed by atoms with Gasteiger partial charge in [0.1, 0.15) is 11.6 Å². The maximum atomic E-state index is 10.5. The van der Waals surface area contributed by atoms with Gasteiger partial charge in [0, 0.05) is 36.1 Å². The Hall–Kier alpha value is -1.56. The number of ether oxygens (including phenoxy) is 1. The molecule has 2 heterocycles. The Morgan fingerprint density at radius 1 is 1.55 bits per heavy atom. The van der Waals surface area contributed by atoms with E-state index < -0.39 is 6.10 Å². The molecule has 2 N–H and O–H groups in total. The molecule has 6 heteroatoms. The van der Waals surface area contributed by atoms with Gasteiger partial charge in [-0.3, -0.25) is 0 Å². The molecule has 0 bridgehead atoms. The maximum Gasteiger partial charge on any atom is 0.125 e. The molecular formula is C16H20ClN3O2. The smallest absolute Gasteiger partial charge is 0.125 e. The summed E-state index contributed by atoms with van der Waals surface area (Å²) in [5.41, 5.74) is 0.696. The Morgan fingerprint density at radius 2 is 2.41 bits per heavy atom. The number of imidazole rings is 1. The number of methoxy groups -OCH3 is 1. The topological polar surface area (TPSA) is 59.3 Å². The standard InChI is InChI=1S/C16H20ClN3O2/c1-22-15-5-4-11(17)9-12(15)14(21)10-19-13-3-2-7-20-8-6-18-16(13)20/h4-6,8-9,13-14,19,21H,2-3,7,10H2,1H3. The highest BCUT2D eigenvalue weighted by Crippen LogP contribution is 2.29. The van der Waals surface area contributed by atoms with E-state index in [1.165, 1.54) is 0 Å². The molecule has 1 aliphatic rings. The molecule has 3 rings (SSSR count). The van der Waals surface area contributed by atoms with Gasteiger partial charge in [0.05, 0.1) is 19.3 Å². The van der Waals surface area contributed by atoms with Gasteiger partial charge in [-0.05, 0) is 31.0 Å². The van der Waals surface area contributed by atoms with E-state index in [0.717, 1.165) is 25.2 Å². The second-order valence-corrected chi connectivity index (χ2v) is 5.92. The summed E-state index contributed by atoms with van der Waals surface area (Å²) in [5.74, 6) is 1.68. The van der Waals surface area contributed by atoms with Crippen LogP contribution in [0, 0.1) is 0 Å². The van der Waals surface area contributed by atoms with Gasteiger partial charge in [0.2, 0.25) is 0 Å². The number of aliphatic hydroxyl groups is 1. The summed E-state index contributed by atoms with van der Waals surface area (Å²) in [6, 6.07) is 5.44. The molecular weight excluding hydrogens is 302 g/mol. The van der Waals surface area contributed by atoms with E-state index in [4.69, 9.17) is 16.3 Å². The number of benzene rings is 1. The molecule has 0 saturated carbocycles. The molecule has 1 aromatic heterocycles. The van der Waals surface area contributed by atoms with E-state index in [1.54, 1.807) is 25.3 Å². The van der Waals surface area contributed by atoms with Crippen molar-refractivity contribution >= 4 is 11.6 Å². The number of hydrogen-bond acceptors (Lipinski definition) is 4. The van der Waals surface area contributed by atoms with Crippen LogP contribution in [0.3, 0.4) is 0 Å². The zero-order valence-corrected chi connectivity index (χ0v) is 13.3. The van der Waals surface area contributed by atoms with Crippen LogP contribution in [0.4, 0.5) is 0 Å². The highest BCUT2D eigenvalue weighted by atomic mass is 35.5. The summed E-state index contributed by atoms with van der Waals surface area (Å²) in [6.45, 7) is 1.44. The van der Waals surface area contributed by atoms with Crippen LogP contribution >= 0.6 is 11.6 Å². The molecule has 0 fully saturated rings. The minimum atomic E-state index is -0.681. The van der Waals surface area contributed by atoms with E-state index in [9.17, 15) is 5.11 Å². The van der Waals surface area contributed by atoms with Gasteiger partial charge in [-0.25, -0.2) is 4.98 Å². The fraction of sp³-hybridized carbons (Fsp3) is 0.438. The lowest BCUT2D eigenvalue weighted by atomic mass is 10.0. The molecule has 0 amide bonds. The lowest BCUT2D eigenvalue weighted by Crippen LogP contribution is -2.31.